The van der Waals surface area contributed by atoms with Gasteiger partial charge in [0.15, 0.2) is 6.73 Å². The van der Waals surface area contributed by atoms with Crippen molar-refractivity contribution in [1.82, 2.24) is 14.3 Å². The van der Waals surface area contributed by atoms with E-state index in [1.165, 1.54) is 0 Å². The number of nitrogens with zero attached hydrogens (tertiary/aromatic N) is 3. The van der Waals surface area contributed by atoms with Crippen LogP contribution in [0.3, 0.4) is 0 Å². The molecular formula is C12H12FN3O4. The van der Waals surface area contributed by atoms with E-state index in [0.717, 1.165) is 6.07 Å². The standard InChI is InChI=1S/C12H12FN3O4/c1-14-5-2-3-9(7-14)11(18)20-8-15-10(17)4-6-16(13)12(15)19/h2,4-7H,3,8H2,1H3. The Morgan fingerprint density at radius 3 is 2.90 bits per heavy atom. The van der Waals surface area contributed by atoms with E-state index >= 15 is 0 Å². The van der Waals surface area contributed by atoms with Gasteiger partial charge in [0, 0.05) is 31.9 Å². The molecule has 106 valence electrons. The number of allylic oxidation sites excluding steroid dienone is 1. The Morgan fingerprint density at radius 1 is 1.45 bits per heavy atom. The molecule has 1 aromatic heterocycles. The van der Waals surface area contributed by atoms with Crippen molar-refractivity contribution in [2.75, 3.05) is 7.05 Å². The van der Waals surface area contributed by atoms with Crippen molar-refractivity contribution in [3.63, 3.8) is 0 Å². The van der Waals surface area contributed by atoms with Crippen LogP contribution in [0.15, 0.2) is 45.9 Å². The number of ether oxygens (including phenoxy) is 1. The van der Waals surface area contributed by atoms with Gasteiger partial charge in [0.2, 0.25) is 0 Å². The van der Waals surface area contributed by atoms with Crippen LogP contribution in [0.5, 0.6) is 0 Å². The van der Waals surface area contributed by atoms with E-state index in [1.54, 1.807) is 30.4 Å². The molecule has 0 amide bonds. The van der Waals surface area contributed by atoms with E-state index in [-0.39, 0.29) is 4.79 Å². The summed E-state index contributed by atoms with van der Waals surface area (Å²) in [5.74, 6) is -0.665. The minimum Gasteiger partial charge on any atom is -0.440 e. The Morgan fingerprint density at radius 2 is 2.20 bits per heavy atom. The maximum atomic E-state index is 13.0. The average Bonchev–Trinajstić information content (AvgIpc) is 2.43. The first-order valence-electron chi connectivity index (χ1n) is 5.74. The molecule has 2 rings (SSSR count). The van der Waals surface area contributed by atoms with E-state index in [0.29, 0.717) is 22.8 Å². The molecule has 0 saturated heterocycles. The maximum absolute atomic E-state index is 13.0. The fourth-order valence-electron chi connectivity index (χ4n) is 1.65. The first kappa shape index (κ1) is 13.8. The van der Waals surface area contributed by atoms with Gasteiger partial charge in [0.25, 0.3) is 5.56 Å². The molecule has 1 aliphatic rings. The third-order valence-electron chi connectivity index (χ3n) is 2.65. The summed E-state index contributed by atoms with van der Waals surface area (Å²) in [7, 11) is 1.74. The van der Waals surface area contributed by atoms with Crippen molar-refractivity contribution < 1.29 is 14.0 Å². The molecular weight excluding hydrogens is 269 g/mol. The Kier molecular flexibility index (Phi) is 3.83. The molecule has 0 aromatic carbocycles. The average molecular weight is 281 g/mol. The molecule has 20 heavy (non-hydrogen) atoms. The summed E-state index contributed by atoms with van der Waals surface area (Å²) in [5.41, 5.74) is -1.56. The number of halogens is 1. The lowest BCUT2D eigenvalue weighted by molar-refractivity contribution is -0.143. The minimum atomic E-state index is -1.19. The lowest BCUT2D eigenvalue weighted by atomic mass is 10.1. The summed E-state index contributed by atoms with van der Waals surface area (Å²) < 4.78 is 18.3. The SMILES string of the molecule is CN1C=CCC(C(=O)OCn2c(=O)ccn(F)c2=O)=C1. The Hall–Kier alpha value is -2.64. The summed E-state index contributed by atoms with van der Waals surface area (Å²) in [6.45, 7) is -0.633. The molecule has 1 aromatic rings. The molecule has 7 nitrogen and oxygen atoms in total. The maximum Gasteiger partial charge on any atom is 0.362 e. The Balaban J connectivity index is 2.10. The largest absolute Gasteiger partial charge is 0.440 e. The van der Waals surface area contributed by atoms with E-state index in [2.05, 4.69) is 0 Å². The first-order chi connectivity index (χ1) is 9.49. The van der Waals surface area contributed by atoms with Gasteiger partial charge in [-0.05, 0) is 6.20 Å². The Bertz CT molecular complexity index is 701. The van der Waals surface area contributed by atoms with Crippen LogP contribution in [0, 0.1) is 0 Å². The topological polar surface area (TPSA) is 73.5 Å². The highest BCUT2D eigenvalue weighted by Crippen LogP contribution is 2.12. The zero-order valence-electron chi connectivity index (χ0n) is 10.7. The molecule has 0 bridgehead atoms. The van der Waals surface area contributed by atoms with Crippen LogP contribution in [0.25, 0.3) is 0 Å². The highest BCUT2D eigenvalue weighted by Gasteiger charge is 2.14. The predicted molar refractivity (Wildman–Crippen MR) is 67.2 cm³/mol. The quantitative estimate of drug-likeness (QED) is 0.728. The number of hydrogen-bond donors (Lipinski definition) is 0. The smallest absolute Gasteiger partial charge is 0.362 e. The third-order valence-corrected chi connectivity index (χ3v) is 2.65. The monoisotopic (exact) mass is 281 g/mol. The van der Waals surface area contributed by atoms with E-state index in [9.17, 15) is 18.9 Å². The normalized spacial score (nSPS) is 14.1. The van der Waals surface area contributed by atoms with Crippen molar-refractivity contribution in [2.45, 2.75) is 13.2 Å². The lowest BCUT2D eigenvalue weighted by Gasteiger charge is -2.15. The van der Waals surface area contributed by atoms with Crippen molar-refractivity contribution in [3.8, 4) is 0 Å². The van der Waals surface area contributed by atoms with Crippen molar-refractivity contribution >= 4 is 5.97 Å². The molecule has 0 saturated carbocycles. The van der Waals surface area contributed by atoms with Gasteiger partial charge in [-0.2, -0.15) is 0 Å². The number of carbonyl (C=O) groups is 1. The molecule has 0 atom stereocenters. The van der Waals surface area contributed by atoms with Crippen LogP contribution in [0.4, 0.5) is 4.48 Å². The van der Waals surface area contributed by atoms with E-state index < -0.39 is 23.9 Å². The van der Waals surface area contributed by atoms with Gasteiger partial charge in [0.1, 0.15) is 0 Å². The molecule has 0 radical (unpaired) electrons. The van der Waals surface area contributed by atoms with Crippen LogP contribution in [0.2, 0.25) is 0 Å². The third kappa shape index (κ3) is 2.85. The fraction of sp³-hybridized carbons (Fsp3) is 0.250. The van der Waals surface area contributed by atoms with Gasteiger partial charge >= 0.3 is 11.7 Å². The van der Waals surface area contributed by atoms with Crippen LogP contribution in [-0.2, 0) is 16.3 Å². The molecule has 0 N–H and O–H groups in total. The highest BCUT2D eigenvalue weighted by atomic mass is 19.2. The molecule has 0 unspecified atom stereocenters. The van der Waals surface area contributed by atoms with E-state index in [4.69, 9.17) is 4.74 Å². The van der Waals surface area contributed by atoms with Gasteiger partial charge in [0.05, 0.1) is 5.57 Å². The summed E-state index contributed by atoms with van der Waals surface area (Å²) >= 11 is 0. The number of rotatable bonds is 3. The van der Waals surface area contributed by atoms with Gasteiger partial charge in [-0.1, -0.05) is 10.6 Å². The van der Waals surface area contributed by atoms with E-state index in [1.807, 2.05) is 0 Å². The fourth-order valence-corrected chi connectivity index (χ4v) is 1.65. The summed E-state index contributed by atoms with van der Waals surface area (Å²) in [4.78, 5) is 35.9. The number of aromatic nitrogens is 2. The van der Waals surface area contributed by atoms with Gasteiger partial charge in [-0.25, -0.2) is 14.2 Å². The van der Waals surface area contributed by atoms with Crippen LogP contribution in [-0.4, -0.2) is 27.3 Å². The number of hydrogen-bond acceptors (Lipinski definition) is 5. The predicted octanol–water partition coefficient (Wildman–Crippen LogP) is -0.0236. The summed E-state index contributed by atoms with van der Waals surface area (Å²) in [5, 5.41) is 0. The van der Waals surface area contributed by atoms with Gasteiger partial charge in [-0.3, -0.25) is 4.79 Å². The number of carbonyl (C=O) groups excluding carboxylic acids is 1. The molecule has 2 heterocycles. The van der Waals surface area contributed by atoms with Gasteiger partial charge < -0.3 is 9.64 Å². The lowest BCUT2D eigenvalue weighted by Crippen LogP contribution is -2.38. The molecule has 8 heteroatoms. The molecule has 0 aliphatic carbocycles. The van der Waals surface area contributed by atoms with Crippen LogP contribution in [0.1, 0.15) is 6.42 Å². The molecule has 0 spiro atoms. The summed E-state index contributed by atoms with van der Waals surface area (Å²) in [6.07, 6.45) is 6.20. The second-order valence-electron chi connectivity index (χ2n) is 4.15. The van der Waals surface area contributed by atoms with Crippen molar-refractivity contribution in [3.05, 3.63) is 57.2 Å². The molecule has 1 aliphatic heterocycles. The molecule has 0 fully saturated rings. The highest BCUT2D eigenvalue weighted by molar-refractivity contribution is 5.88. The van der Waals surface area contributed by atoms with Crippen LogP contribution < -0.4 is 11.2 Å². The van der Waals surface area contributed by atoms with Crippen molar-refractivity contribution in [2.24, 2.45) is 0 Å². The second-order valence-corrected chi connectivity index (χ2v) is 4.15. The Labute approximate surface area is 112 Å². The second kappa shape index (κ2) is 5.55. The van der Waals surface area contributed by atoms with Gasteiger partial charge in [-0.15, -0.1) is 4.79 Å². The minimum absolute atomic E-state index is 0.258. The van der Waals surface area contributed by atoms with Crippen molar-refractivity contribution in [1.29, 1.82) is 0 Å². The summed E-state index contributed by atoms with van der Waals surface area (Å²) in [6, 6.07) is 0.867. The number of esters is 1. The zero-order chi connectivity index (χ0) is 14.7. The first-order valence-corrected chi connectivity index (χ1v) is 5.74. The zero-order valence-corrected chi connectivity index (χ0v) is 10.7. The van der Waals surface area contributed by atoms with Crippen LogP contribution >= 0.6 is 0 Å².